The van der Waals surface area contributed by atoms with Crippen LogP contribution in [0, 0.1) is 5.82 Å². The number of aryl methyl sites for hydroxylation is 1. The largest absolute Gasteiger partial charge is 0.392 e. The summed E-state index contributed by atoms with van der Waals surface area (Å²) in [5, 5.41) is 10.1. The summed E-state index contributed by atoms with van der Waals surface area (Å²) in [5.41, 5.74) is 3.06. The number of hydrogen-bond donors (Lipinski definition) is 1. The summed E-state index contributed by atoms with van der Waals surface area (Å²) < 4.78 is 15.7. The molecule has 1 aliphatic rings. The van der Waals surface area contributed by atoms with Crippen LogP contribution in [0.25, 0.3) is 11.0 Å². The zero-order chi connectivity index (χ0) is 17.4. The Morgan fingerprint density at radius 3 is 2.84 bits per heavy atom. The first kappa shape index (κ1) is 16.2. The number of β-amino-alcohol motifs (C(OH)–C–C–N with tert-alkyl or cyclic N) is 1. The van der Waals surface area contributed by atoms with E-state index in [1.165, 1.54) is 6.07 Å². The SMILES string of the molecule is Cn1c(CCN2C[C@H](O)C[C@H]2c2cccc(F)c2)nc2ccccc21. The zero-order valence-corrected chi connectivity index (χ0v) is 14.3. The van der Waals surface area contributed by atoms with Crippen molar-refractivity contribution in [2.75, 3.05) is 13.1 Å². The van der Waals surface area contributed by atoms with E-state index in [1.807, 2.05) is 31.3 Å². The third-order valence-electron chi connectivity index (χ3n) is 5.12. The van der Waals surface area contributed by atoms with Crippen molar-refractivity contribution < 1.29 is 9.50 Å². The molecule has 1 N–H and O–H groups in total. The Hall–Kier alpha value is -2.24. The highest BCUT2D eigenvalue weighted by molar-refractivity contribution is 5.75. The van der Waals surface area contributed by atoms with E-state index in [1.54, 1.807) is 12.1 Å². The van der Waals surface area contributed by atoms with Crippen LogP contribution in [0.4, 0.5) is 4.39 Å². The summed E-state index contributed by atoms with van der Waals surface area (Å²) in [6, 6.07) is 14.9. The molecule has 4 rings (SSSR count). The summed E-state index contributed by atoms with van der Waals surface area (Å²) in [7, 11) is 2.04. The molecule has 0 unspecified atom stereocenters. The maximum atomic E-state index is 13.6. The van der Waals surface area contributed by atoms with Crippen LogP contribution in [-0.4, -0.2) is 38.8 Å². The Morgan fingerprint density at radius 2 is 2.04 bits per heavy atom. The molecule has 4 nitrogen and oxygen atoms in total. The van der Waals surface area contributed by atoms with Crippen LogP contribution in [-0.2, 0) is 13.5 Å². The van der Waals surface area contributed by atoms with Crippen molar-refractivity contribution in [1.82, 2.24) is 14.5 Å². The quantitative estimate of drug-likeness (QED) is 0.794. The average Bonchev–Trinajstić information content (AvgIpc) is 3.13. The molecule has 0 spiro atoms. The number of imidazole rings is 1. The second-order valence-electron chi connectivity index (χ2n) is 6.78. The highest BCUT2D eigenvalue weighted by Crippen LogP contribution is 2.32. The number of rotatable bonds is 4. The van der Waals surface area contributed by atoms with Gasteiger partial charge >= 0.3 is 0 Å². The molecule has 0 bridgehead atoms. The fraction of sp³-hybridized carbons (Fsp3) is 0.350. The lowest BCUT2D eigenvalue weighted by Crippen LogP contribution is -2.27. The molecular weight excluding hydrogens is 317 g/mol. The molecule has 1 fully saturated rings. The smallest absolute Gasteiger partial charge is 0.123 e. The Kier molecular flexibility index (Phi) is 4.27. The number of benzene rings is 2. The van der Waals surface area contributed by atoms with Crippen LogP contribution in [0.5, 0.6) is 0 Å². The van der Waals surface area contributed by atoms with E-state index in [0.29, 0.717) is 13.0 Å². The van der Waals surface area contributed by atoms with E-state index >= 15 is 0 Å². The van der Waals surface area contributed by atoms with E-state index in [0.717, 1.165) is 35.4 Å². The molecule has 2 aromatic carbocycles. The van der Waals surface area contributed by atoms with Gasteiger partial charge in [-0.25, -0.2) is 9.37 Å². The number of aromatic nitrogens is 2. The number of nitrogens with zero attached hydrogens (tertiary/aromatic N) is 3. The van der Waals surface area contributed by atoms with E-state index in [-0.39, 0.29) is 18.0 Å². The molecule has 2 heterocycles. The molecule has 2 atom stereocenters. The number of aliphatic hydroxyl groups is 1. The number of para-hydroxylation sites is 2. The molecule has 5 heteroatoms. The Labute approximate surface area is 146 Å². The van der Waals surface area contributed by atoms with Gasteiger partial charge in [-0.1, -0.05) is 24.3 Å². The predicted octanol–water partition coefficient (Wildman–Crippen LogP) is 3.06. The summed E-state index contributed by atoms with van der Waals surface area (Å²) >= 11 is 0. The monoisotopic (exact) mass is 339 g/mol. The van der Waals surface area contributed by atoms with Gasteiger partial charge in [0.1, 0.15) is 11.6 Å². The molecule has 25 heavy (non-hydrogen) atoms. The van der Waals surface area contributed by atoms with Crippen molar-refractivity contribution in [3.05, 3.63) is 65.7 Å². The van der Waals surface area contributed by atoms with E-state index in [4.69, 9.17) is 4.98 Å². The Bertz CT molecular complexity index is 892. The predicted molar refractivity (Wildman–Crippen MR) is 95.8 cm³/mol. The normalized spacial score (nSPS) is 21.2. The van der Waals surface area contributed by atoms with Gasteiger partial charge in [-0.05, 0) is 36.2 Å². The number of likely N-dealkylation sites (tertiary alicyclic amines) is 1. The second kappa shape index (κ2) is 6.58. The van der Waals surface area contributed by atoms with Gasteiger partial charge in [0.15, 0.2) is 0 Å². The van der Waals surface area contributed by atoms with Crippen molar-refractivity contribution in [1.29, 1.82) is 0 Å². The lowest BCUT2D eigenvalue weighted by Gasteiger charge is -2.24. The van der Waals surface area contributed by atoms with Crippen molar-refractivity contribution in [3.8, 4) is 0 Å². The summed E-state index contributed by atoms with van der Waals surface area (Å²) in [5.74, 6) is 0.801. The van der Waals surface area contributed by atoms with Gasteiger partial charge in [-0.2, -0.15) is 0 Å². The van der Waals surface area contributed by atoms with Crippen LogP contribution in [0.3, 0.4) is 0 Å². The molecule has 3 aromatic rings. The first-order valence-corrected chi connectivity index (χ1v) is 8.70. The fourth-order valence-electron chi connectivity index (χ4n) is 3.85. The Morgan fingerprint density at radius 1 is 1.20 bits per heavy atom. The first-order chi connectivity index (χ1) is 12.1. The minimum atomic E-state index is -0.367. The van der Waals surface area contributed by atoms with Gasteiger partial charge in [-0.15, -0.1) is 0 Å². The Balaban J connectivity index is 1.53. The zero-order valence-electron chi connectivity index (χ0n) is 14.3. The first-order valence-electron chi connectivity index (χ1n) is 8.70. The van der Waals surface area contributed by atoms with Gasteiger partial charge in [0.2, 0.25) is 0 Å². The third-order valence-corrected chi connectivity index (χ3v) is 5.12. The lowest BCUT2D eigenvalue weighted by atomic mass is 10.0. The second-order valence-corrected chi connectivity index (χ2v) is 6.78. The van der Waals surface area contributed by atoms with Crippen molar-refractivity contribution in [2.45, 2.75) is 25.0 Å². The van der Waals surface area contributed by atoms with Crippen molar-refractivity contribution >= 4 is 11.0 Å². The molecule has 0 radical (unpaired) electrons. The van der Waals surface area contributed by atoms with Crippen molar-refractivity contribution in [2.24, 2.45) is 7.05 Å². The number of aliphatic hydroxyl groups excluding tert-OH is 1. The maximum Gasteiger partial charge on any atom is 0.123 e. The van der Waals surface area contributed by atoms with E-state index < -0.39 is 0 Å². The lowest BCUT2D eigenvalue weighted by molar-refractivity contribution is 0.175. The molecule has 0 saturated carbocycles. The van der Waals surface area contributed by atoms with E-state index in [9.17, 15) is 9.50 Å². The highest BCUT2D eigenvalue weighted by Gasteiger charge is 2.32. The molecule has 1 saturated heterocycles. The van der Waals surface area contributed by atoms with Crippen LogP contribution in [0.1, 0.15) is 23.9 Å². The van der Waals surface area contributed by atoms with Crippen LogP contribution < -0.4 is 0 Å². The molecule has 1 aromatic heterocycles. The fourth-order valence-corrected chi connectivity index (χ4v) is 3.85. The van der Waals surface area contributed by atoms with Gasteiger partial charge < -0.3 is 9.67 Å². The van der Waals surface area contributed by atoms with Crippen LogP contribution in [0.15, 0.2) is 48.5 Å². The standard InChI is InChI=1S/C20H22FN3O/c1-23-18-8-3-2-7-17(18)22-20(23)9-10-24-13-16(25)12-19(24)14-5-4-6-15(21)11-14/h2-8,11,16,19,25H,9-10,12-13H2,1H3/t16-,19+/m1/s1. The summed E-state index contributed by atoms with van der Waals surface area (Å²) in [4.78, 5) is 6.95. The van der Waals surface area contributed by atoms with E-state index in [2.05, 4.69) is 15.5 Å². The average molecular weight is 339 g/mol. The number of halogens is 1. The maximum absolute atomic E-state index is 13.6. The van der Waals surface area contributed by atoms with Crippen LogP contribution >= 0.6 is 0 Å². The molecule has 1 aliphatic heterocycles. The molecule has 0 amide bonds. The van der Waals surface area contributed by atoms with Gasteiger partial charge in [-0.3, -0.25) is 4.90 Å². The molecular formula is C20H22FN3O. The number of hydrogen-bond acceptors (Lipinski definition) is 3. The van der Waals surface area contributed by atoms with Gasteiger partial charge in [0.05, 0.1) is 17.1 Å². The van der Waals surface area contributed by atoms with Gasteiger partial charge in [0, 0.05) is 32.6 Å². The van der Waals surface area contributed by atoms with Crippen molar-refractivity contribution in [3.63, 3.8) is 0 Å². The minimum Gasteiger partial charge on any atom is -0.392 e. The number of fused-ring (bicyclic) bond motifs is 1. The topological polar surface area (TPSA) is 41.3 Å². The summed E-state index contributed by atoms with van der Waals surface area (Å²) in [6.07, 6.45) is 1.07. The minimum absolute atomic E-state index is 0.0559. The molecule has 0 aliphatic carbocycles. The summed E-state index contributed by atoms with van der Waals surface area (Å²) in [6.45, 7) is 1.40. The molecule has 130 valence electrons. The van der Waals surface area contributed by atoms with Crippen LogP contribution in [0.2, 0.25) is 0 Å². The highest BCUT2D eigenvalue weighted by atomic mass is 19.1. The van der Waals surface area contributed by atoms with Gasteiger partial charge in [0.25, 0.3) is 0 Å². The third kappa shape index (κ3) is 3.17.